The minimum Gasteiger partial charge on any atom is -0.338 e. The van der Waals surface area contributed by atoms with Crippen molar-refractivity contribution in [3.8, 4) is 11.2 Å². The van der Waals surface area contributed by atoms with Gasteiger partial charge in [0.15, 0.2) is 16.8 Å². The predicted molar refractivity (Wildman–Crippen MR) is 287 cm³/mol. The molecule has 4 N–H and O–H groups in total. The molecule has 4 aromatic heterocycles. The molecule has 4 aromatic carbocycles. The van der Waals surface area contributed by atoms with E-state index in [9.17, 15) is 44.2 Å². The fourth-order valence-corrected chi connectivity index (χ4v) is 13.0. The molecule has 0 bridgehead atoms. The molecular formula is C50H52N10O9S5. The molecule has 0 unspecified atom stereocenters. The van der Waals surface area contributed by atoms with Crippen molar-refractivity contribution < 1.29 is 38.9 Å². The van der Waals surface area contributed by atoms with Gasteiger partial charge in [-0.05, 0) is 122 Å². The molecule has 74 heavy (non-hydrogen) atoms. The van der Waals surface area contributed by atoms with Gasteiger partial charge in [-0.2, -0.15) is 40.3 Å². The number of hydrogen-bond acceptors (Lipinski definition) is 17. The summed E-state index contributed by atoms with van der Waals surface area (Å²) in [4.78, 5) is 15.7. The summed E-state index contributed by atoms with van der Waals surface area (Å²) in [5, 5.41) is 29.3. The monoisotopic (exact) mass is 1100 g/mol. The van der Waals surface area contributed by atoms with Gasteiger partial charge in [0.2, 0.25) is 5.13 Å². The van der Waals surface area contributed by atoms with Gasteiger partial charge < -0.3 is 5.32 Å². The maximum Gasteiger partial charge on any atom is 0.295 e. The van der Waals surface area contributed by atoms with Gasteiger partial charge in [0, 0.05) is 11.1 Å². The first-order chi connectivity index (χ1) is 34.7. The van der Waals surface area contributed by atoms with Crippen LogP contribution in [0.5, 0.6) is 0 Å². The molecule has 8 rings (SSSR count). The summed E-state index contributed by atoms with van der Waals surface area (Å²) in [5.41, 5.74) is 6.67. The zero-order valence-electron chi connectivity index (χ0n) is 42.0. The molecule has 0 aliphatic heterocycles. The zero-order valence-corrected chi connectivity index (χ0v) is 46.0. The Kier molecular flexibility index (Phi) is 14.5. The van der Waals surface area contributed by atoms with Crippen molar-refractivity contribution in [1.82, 2.24) is 24.7 Å². The topological polar surface area (TPSA) is 283 Å². The predicted octanol–water partition coefficient (Wildman–Crippen LogP) is 12.2. The van der Waals surface area contributed by atoms with Gasteiger partial charge in [-0.25, -0.2) is 15.0 Å². The fourth-order valence-electron chi connectivity index (χ4n) is 8.89. The van der Waals surface area contributed by atoms with E-state index < -0.39 is 35.8 Å². The van der Waals surface area contributed by atoms with Crippen molar-refractivity contribution in [3.05, 3.63) is 111 Å². The van der Waals surface area contributed by atoms with Gasteiger partial charge >= 0.3 is 0 Å². The highest BCUT2D eigenvalue weighted by molar-refractivity contribution is 7.86. The highest BCUT2D eigenvalue weighted by Crippen LogP contribution is 2.48. The average molecular weight is 1100 g/mol. The molecule has 0 saturated carbocycles. The van der Waals surface area contributed by atoms with Crippen LogP contribution >= 0.6 is 22.7 Å². The molecule has 0 amide bonds. The van der Waals surface area contributed by atoms with Crippen LogP contribution in [0, 0.1) is 32.1 Å². The minimum atomic E-state index is -4.80. The van der Waals surface area contributed by atoms with Crippen molar-refractivity contribution in [3.63, 3.8) is 0 Å². The standard InChI is InChI=1S/C50H52N10O9S5/c1-11-29-19-26(5)20-30(12-2)42(29)55-46-41(56-57-47-35(25-51)45(50(8,9)10)58-60(47)49-53-37-18-16-33(73(64,65)66)24-39(37)71-49)27(6)22-40(54-46)59(48-52-36-17-15-32(72(61,62)63)23-38(36)70-48)43-31(13-3)21-28(7)44(34(43)14-4)74(67,68)69/h15-24H,11-14H2,1-10H3,(H,54,55)(H,61,62,63)(H,64,65,66)(H,67,68,69). The first-order valence-electron chi connectivity index (χ1n) is 23.3. The van der Waals surface area contributed by atoms with E-state index in [1.165, 1.54) is 41.1 Å². The molecule has 386 valence electrons. The van der Waals surface area contributed by atoms with Crippen molar-refractivity contribution in [2.45, 2.75) is 115 Å². The van der Waals surface area contributed by atoms with Crippen LogP contribution in [0.3, 0.4) is 0 Å². The number of fused-ring (bicyclic) bond motifs is 2. The smallest absolute Gasteiger partial charge is 0.295 e. The van der Waals surface area contributed by atoms with E-state index in [1.807, 2.05) is 48.5 Å². The van der Waals surface area contributed by atoms with Crippen LogP contribution in [0.1, 0.15) is 98.7 Å². The largest absolute Gasteiger partial charge is 0.338 e. The molecule has 8 aromatic rings. The lowest BCUT2D eigenvalue weighted by Gasteiger charge is -2.29. The Hall–Kier alpha value is -6.56. The Morgan fingerprint density at radius 1 is 0.716 bits per heavy atom. The number of anilines is 5. The molecular weight excluding hydrogens is 1040 g/mol. The maximum atomic E-state index is 13.3. The second-order valence-electron chi connectivity index (χ2n) is 18.5. The van der Waals surface area contributed by atoms with E-state index in [4.69, 9.17) is 30.3 Å². The highest BCUT2D eigenvalue weighted by atomic mass is 32.2. The third kappa shape index (κ3) is 10.3. The first-order valence-corrected chi connectivity index (χ1v) is 29.2. The number of nitrogens with zero attached hydrogens (tertiary/aromatic N) is 9. The van der Waals surface area contributed by atoms with E-state index >= 15 is 0 Å². The van der Waals surface area contributed by atoms with Gasteiger partial charge in [-0.3, -0.25) is 18.6 Å². The number of thiazole rings is 2. The van der Waals surface area contributed by atoms with E-state index in [1.54, 1.807) is 37.8 Å². The van der Waals surface area contributed by atoms with Crippen LogP contribution in [0.15, 0.2) is 85.6 Å². The van der Waals surface area contributed by atoms with Crippen LogP contribution in [0.2, 0.25) is 0 Å². The molecule has 0 aliphatic rings. The van der Waals surface area contributed by atoms with E-state index in [2.05, 4.69) is 23.5 Å². The average Bonchev–Trinajstić information content (AvgIpc) is 4.05. The summed E-state index contributed by atoms with van der Waals surface area (Å²) in [6.07, 6.45) is 1.79. The molecule has 0 saturated heterocycles. The Bertz CT molecular complexity index is 3990. The molecule has 24 heteroatoms. The van der Waals surface area contributed by atoms with Crippen LogP contribution in [0.25, 0.3) is 25.6 Å². The van der Waals surface area contributed by atoms with Crippen LogP contribution < -0.4 is 10.2 Å². The molecule has 0 aliphatic carbocycles. The van der Waals surface area contributed by atoms with E-state index in [0.717, 1.165) is 45.1 Å². The number of nitrogens with one attached hydrogen (secondary N) is 1. The fraction of sp³-hybridized carbons (Fsp3) is 0.300. The number of nitriles is 1. The minimum absolute atomic E-state index is 0.0117. The maximum absolute atomic E-state index is 13.3. The lowest BCUT2D eigenvalue weighted by molar-refractivity contribution is 0.479. The number of aryl methyl sites for hydroxylation is 6. The van der Waals surface area contributed by atoms with Crippen molar-refractivity contribution in [2.24, 2.45) is 10.2 Å². The van der Waals surface area contributed by atoms with Crippen LogP contribution in [-0.4, -0.2) is 63.6 Å². The van der Waals surface area contributed by atoms with Gasteiger partial charge in [0.1, 0.15) is 28.0 Å². The van der Waals surface area contributed by atoms with Crippen molar-refractivity contribution >= 4 is 113 Å². The SMILES string of the molecule is CCc1cc(C)cc(CC)c1Nc1nc(N(c2nc3ccc(S(=O)(=O)O)cc3s2)c2c(CC)cc(C)c(S(=O)(=O)O)c2CC)cc(C)c1N=Nc1c(C#N)c(C(C)(C)C)nn1-c1nc2ccc(S(=O)(=O)O)cc2s1. The quantitative estimate of drug-likeness (QED) is 0.0548. The third-order valence-electron chi connectivity index (χ3n) is 12.3. The van der Waals surface area contributed by atoms with Gasteiger partial charge in [-0.1, -0.05) is 94.9 Å². The molecule has 4 heterocycles. The molecule has 19 nitrogen and oxygen atoms in total. The van der Waals surface area contributed by atoms with Crippen LogP contribution in [0.4, 0.5) is 39.6 Å². The number of hydrogen-bond donors (Lipinski definition) is 4. The molecule has 0 fully saturated rings. The normalized spacial score (nSPS) is 12.6. The van der Waals surface area contributed by atoms with Crippen LogP contribution in [-0.2, 0) is 61.5 Å². The number of rotatable bonds is 15. The summed E-state index contributed by atoms with van der Waals surface area (Å²) in [6.45, 7) is 18.8. The van der Waals surface area contributed by atoms with Gasteiger partial charge in [0.25, 0.3) is 30.4 Å². The lowest BCUT2D eigenvalue weighted by Crippen LogP contribution is -2.19. The van der Waals surface area contributed by atoms with Crippen molar-refractivity contribution in [2.75, 3.05) is 10.2 Å². The Balaban J connectivity index is 1.44. The Morgan fingerprint density at radius 2 is 1.30 bits per heavy atom. The molecule has 0 radical (unpaired) electrons. The number of azo groups is 1. The summed E-state index contributed by atoms with van der Waals surface area (Å²) in [5.74, 6) is 0.415. The second kappa shape index (κ2) is 19.9. The van der Waals surface area contributed by atoms with Gasteiger partial charge in [-0.15, -0.1) is 10.2 Å². The molecule has 0 spiro atoms. The van der Waals surface area contributed by atoms with Crippen molar-refractivity contribution in [1.29, 1.82) is 5.26 Å². The number of benzene rings is 4. The molecule has 0 atom stereocenters. The lowest BCUT2D eigenvalue weighted by atomic mass is 9.90. The third-order valence-corrected chi connectivity index (χ3v) is 17.1. The number of aromatic nitrogens is 5. The first kappa shape index (κ1) is 53.7. The summed E-state index contributed by atoms with van der Waals surface area (Å²) < 4.78 is 108. The van der Waals surface area contributed by atoms with E-state index in [0.29, 0.717) is 67.8 Å². The van der Waals surface area contributed by atoms with Gasteiger partial charge in [0.05, 0.1) is 41.6 Å². The Morgan fingerprint density at radius 3 is 1.82 bits per heavy atom. The zero-order chi connectivity index (χ0) is 54.0. The Labute approximate surface area is 437 Å². The summed E-state index contributed by atoms with van der Waals surface area (Å²) >= 11 is 2.13. The highest BCUT2D eigenvalue weighted by Gasteiger charge is 2.33. The second-order valence-corrected chi connectivity index (χ2v) is 24.8. The summed E-state index contributed by atoms with van der Waals surface area (Å²) in [6, 6.07) is 17.8. The van der Waals surface area contributed by atoms with E-state index in [-0.39, 0.29) is 65.6 Å². The number of pyridine rings is 1. The summed E-state index contributed by atoms with van der Waals surface area (Å²) in [7, 11) is -13.9.